The molecule has 0 unspecified atom stereocenters. The van der Waals surface area contributed by atoms with Crippen LogP contribution in [0, 0.1) is 0 Å². The summed E-state index contributed by atoms with van der Waals surface area (Å²) in [5.74, 6) is -0.322. The second kappa shape index (κ2) is 6.11. The highest BCUT2D eigenvalue weighted by atomic mass is 16.4. The highest BCUT2D eigenvalue weighted by Crippen LogP contribution is 2.21. The number of hydrogen-bond donors (Lipinski definition) is 1. The van der Waals surface area contributed by atoms with E-state index in [0.29, 0.717) is 6.04 Å². The molecule has 1 saturated heterocycles. The average Bonchev–Trinajstić information content (AvgIpc) is 2.47. The Bertz CT molecular complexity index is 639. The van der Waals surface area contributed by atoms with Gasteiger partial charge in [0.1, 0.15) is 5.82 Å². The molecule has 0 aliphatic carbocycles. The maximum atomic E-state index is 10.8. The van der Waals surface area contributed by atoms with Gasteiger partial charge in [-0.2, -0.15) is 0 Å². The molecule has 0 spiro atoms. The smallest absolute Gasteiger partial charge is 0.356 e. The number of carbonyl (C=O) groups is 1. The third-order valence-electron chi connectivity index (χ3n) is 3.94. The lowest BCUT2D eigenvalue weighted by Gasteiger charge is -2.44. The van der Waals surface area contributed by atoms with Gasteiger partial charge in [-0.25, -0.2) is 14.8 Å². The minimum absolute atomic E-state index is 0.0259. The maximum absolute atomic E-state index is 10.8. The molecule has 22 heavy (non-hydrogen) atoms. The first kappa shape index (κ1) is 14.5. The van der Waals surface area contributed by atoms with E-state index >= 15 is 0 Å². The van der Waals surface area contributed by atoms with Gasteiger partial charge in [0.25, 0.3) is 0 Å². The number of benzene rings is 1. The molecule has 114 valence electrons. The van der Waals surface area contributed by atoms with E-state index in [4.69, 9.17) is 5.11 Å². The zero-order chi connectivity index (χ0) is 15.5. The molecular formula is C16H18N4O2. The molecule has 6 nitrogen and oxygen atoms in total. The van der Waals surface area contributed by atoms with Gasteiger partial charge in [0.15, 0.2) is 5.69 Å². The second-order valence-electron chi connectivity index (χ2n) is 5.52. The Labute approximate surface area is 129 Å². The molecule has 1 aliphatic heterocycles. The standard InChI is InChI=1S/C16H18N4O2/c1-19(9-12-5-3-2-4-6-12)13-10-20(11-13)15-8-17-14(7-18-15)16(21)22/h2-8,13H,9-11H2,1H3,(H,21,22). The molecule has 1 fully saturated rings. The van der Waals surface area contributed by atoms with E-state index in [1.807, 2.05) is 6.07 Å². The number of anilines is 1. The number of likely N-dealkylation sites (N-methyl/N-ethyl adjacent to an activating group) is 1. The van der Waals surface area contributed by atoms with Crippen molar-refractivity contribution in [3.05, 3.63) is 54.0 Å². The van der Waals surface area contributed by atoms with Crippen LogP contribution in [0.3, 0.4) is 0 Å². The van der Waals surface area contributed by atoms with Crippen LogP contribution in [0.2, 0.25) is 0 Å². The summed E-state index contributed by atoms with van der Waals surface area (Å²) in [4.78, 5) is 23.2. The van der Waals surface area contributed by atoms with Gasteiger partial charge < -0.3 is 10.0 Å². The molecular weight excluding hydrogens is 280 g/mol. The molecule has 0 bridgehead atoms. The highest BCUT2D eigenvalue weighted by Gasteiger charge is 2.31. The molecule has 2 aromatic rings. The normalized spacial score (nSPS) is 14.9. The minimum atomic E-state index is -1.05. The van der Waals surface area contributed by atoms with Crippen LogP contribution in [0.4, 0.5) is 5.82 Å². The lowest BCUT2D eigenvalue weighted by molar-refractivity contribution is 0.0690. The first-order valence-electron chi connectivity index (χ1n) is 7.18. The SMILES string of the molecule is CN(Cc1ccccc1)C1CN(c2cnc(C(=O)O)cn2)C1. The van der Waals surface area contributed by atoms with E-state index in [9.17, 15) is 4.79 Å². The van der Waals surface area contributed by atoms with Crippen molar-refractivity contribution in [2.75, 3.05) is 25.0 Å². The Balaban J connectivity index is 1.54. The van der Waals surface area contributed by atoms with E-state index < -0.39 is 5.97 Å². The van der Waals surface area contributed by atoms with Gasteiger partial charge in [0.05, 0.1) is 12.4 Å². The van der Waals surface area contributed by atoms with Gasteiger partial charge in [0.2, 0.25) is 0 Å². The van der Waals surface area contributed by atoms with Gasteiger partial charge in [-0.05, 0) is 12.6 Å². The highest BCUT2D eigenvalue weighted by molar-refractivity contribution is 5.84. The fourth-order valence-electron chi connectivity index (χ4n) is 2.52. The van der Waals surface area contributed by atoms with Crippen molar-refractivity contribution in [2.24, 2.45) is 0 Å². The molecule has 3 rings (SSSR count). The molecule has 1 aliphatic rings. The van der Waals surface area contributed by atoms with Crippen LogP contribution in [-0.4, -0.2) is 52.1 Å². The van der Waals surface area contributed by atoms with Crippen LogP contribution in [0.1, 0.15) is 16.1 Å². The monoisotopic (exact) mass is 298 g/mol. The van der Waals surface area contributed by atoms with Crippen molar-refractivity contribution in [3.8, 4) is 0 Å². The number of hydrogen-bond acceptors (Lipinski definition) is 5. The van der Waals surface area contributed by atoms with Crippen molar-refractivity contribution < 1.29 is 9.90 Å². The van der Waals surface area contributed by atoms with Crippen LogP contribution >= 0.6 is 0 Å². The molecule has 1 aromatic heterocycles. The lowest BCUT2D eigenvalue weighted by atomic mass is 10.1. The summed E-state index contributed by atoms with van der Waals surface area (Å²) in [6.45, 7) is 2.68. The van der Waals surface area contributed by atoms with Gasteiger partial charge in [-0.1, -0.05) is 30.3 Å². The van der Waals surface area contributed by atoms with Crippen LogP contribution in [0.25, 0.3) is 0 Å². The van der Waals surface area contributed by atoms with Crippen molar-refractivity contribution in [1.29, 1.82) is 0 Å². The average molecular weight is 298 g/mol. The number of nitrogens with zero attached hydrogens (tertiary/aromatic N) is 4. The first-order valence-corrected chi connectivity index (χ1v) is 7.18. The predicted octanol–water partition coefficient (Wildman–Crippen LogP) is 1.50. The van der Waals surface area contributed by atoms with Crippen molar-refractivity contribution in [3.63, 3.8) is 0 Å². The molecule has 1 aromatic carbocycles. The number of carboxylic acid groups (broad SMARTS) is 1. The summed E-state index contributed by atoms with van der Waals surface area (Å²) in [7, 11) is 2.12. The largest absolute Gasteiger partial charge is 0.476 e. The summed E-state index contributed by atoms with van der Waals surface area (Å²) in [5, 5.41) is 8.82. The van der Waals surface area contributed by atoms with E-state index in [-0.39, 0.29) is 5.69 Å². The number of aromatic nitrogens is 2. The van der Waals surface area contributed by atoms with Crippen molar-refractivity contribution in [1.82, 2.24) is 14.9 Å². The summed E-state index contributed by atoms with van der Waals surface area (Å²) in [5.41, 5.74) is 1.27. The molecule has 1 N–H and O–H groups in total. The Hall–Kier alpha value is -2.47. The Morgan fingerprint density at radius 2 is 2.00 bits per heavy atom. The number of rotatable bonds is 5. The molecule has 0 amide bonds. The Morgan fingerprint density at radius 3 is 2.59 bits per heavy atom. The fraction of sp³-hybridized carbons (Fsp3) is 0.312. The molecule has 2 heterocycles. The zero-order valence-electron chi connectivity index (χ0n) is 12.4. The van der Waals surface area contributed by atoms with Crippen LogP contribution < -0.4 is 4.90 Å². The van der Waals surface area contributed by atoms with Crippen molar-refractivity contribution in [2.45, 2.75) is 12.6 Å². The maximum Gasteiger partial charge on any atom is 0.356 e. The molecule has 0 radical (unpaired) electrons. The van der Waals surface area contributed by atoms with Crippen LogP contribution in [0.15, 0.2) is 42.7 Å². The fourth-order valence-corrected chi connectivity index (χ4v) is 2.52. The van der Waals surface area contributed by atoms with Gasteiger partial charge in [-0.3, -0.25) is 4.90 Å². The van der Waals surface area contributed by atoms with Crippen molar-refractivity contribution >= 4 is 11.8 Å². The summed E-state index contributed by atoms with van der Waals surface area (Å²) >= 11 is 0. The quantitative estimate of drug-likeness (QED) is 0.902. The summed E-state index contributed by atoms with van der Waals surface area (Å²) < 4.78 is 0. The van der Waals surface area contributed by atoms with E-state index in [1.54, 1.807) is 0 Å². The van der Waals surface area contributed by atoms with Crippen LogP contribution in [-0.2, 0) is 6.54 Å². The number of aromatic carboxylic acids is 1. The minimum Gasteiger partial charge on any atom is -0.476 e. The first-order chi connectivity index (χ1) is 10.6. The molecule has 0 saturated carbocycles. The van der Waals surface area contributed by atoms with Gasteiger partial charge >= 0.3 is 5.97 Å². The van der Waals surface area contributed by atoms with E-state index in [1.165, 1.54) is 18.0 Å². The van der Waals surface area contributed by atoms with E-state index in [2.05, 4.69) is 51.1 Å². The Morgan fingerprint density at radius 1 is 1.27 bits per heavy atom. The number of carboxylic acids is 1. The topological polar surface area (TPSA) is 69.6 Å². The Kier molecular flexibility index (Phi) is 4.02. The molecule has 0 atom stereocenters. The predicted molar refractivity (Wildman–Crippen MR) is 82.9 cm³/mol. The summed E-state index contributed by atoms with van der Waals surface area (Å²) in [6, 6.07) is 10.9. The molecule has 6 heteroatoms. The van der Waals surface area contributed by atoms with Crippen LogP contribution in [0.5, 0.6) is 0 Å². The zero-order valence-corrected chi connectivity index (χ0v) is 12.4. The third kappa shape index (κ3) is 3.07. The summed E-state index contributed by atoms with van der Waals surface area (Å²) in [6.07, 6.45) is 2.83. The lowest BCUT2D eigenvalue weighted by Crippen LogP contribution is -2.58. The third-order valence-corrected chi connectivity index (χ3v) is 3.94. The van der Waals surface area contributed by atoms with Gasteiger partial charge in [-0.15, -0.1) is 0 Å². The van der Waals surface area contributed by atoms with E-state index in [0.717, 1.165) is 25.5 Å². The second-order valence-corrected chi connectivity index (χ2v) is 5.52. The van der Waals surface area contributed by atoms with Gasteiger partial charge in [0, 0.05) is 25.7 Å².